The smallest absolute Gasteiger partial charge is 0.240 e. The van der Waals surface area contributed by atoms with Crippen LogP contribution in [0.1, 0.15) is 12.8 Å². The molecule has 1 aliphatic heterocycles. The molecule has 17 heavy (non-hydrogen) atoms. The molecule has 0 bridgehead atoms. The van der Waals surface area contributed by atoms with E-state index in [1.54, 1.807) is 24.3 Å². The third-order valence-electron chi connectivity index (χ3n) is 2.63. The zero-order chi connectivity index (χ0) is 12.3. The Kier molecular flexibility index (Phi) is 4.19. The van der Waals surface area contributed by atoms with Gasteiger partial charge in [-0.3, -0.25) is 0 Å². The summed E-state index contributed by atoms with van der Waals surface area (Å²) in [4.78, 5) is 0.268. The number of hydrogen-bond donors (Lipinski definition) is 1. The van der Waals surface area contributed by atoms with Gasteiger partial charge in [-0.1, -0.05) is 22.0 Å². The minimum absolute atomic E-state index is 0.0110. The lowest BCUT2D eigenvalue weighted by Crippen LogP contribution is -2.31. The van der Waals surface area contributed by atoms with Gasteiger partial charge in [0.2, 0.25) is 10.0 Å². The fraction of sp³-hybridized carbons (Fsp3) is 0.455. The summed E-state index contributed by atoms with van der Waals surface area (Å²) in [5, 5.41) is 0. The van der Waals surface area contributed by atoms with Crippen molar-refractivity contribution in [2.24, 2.45) is 0 Å². The Labute approximate surface area is 110 Å². The van der Waals surface area contributed by atoms with E-state index in [9.17, 15) is 8.42 Å². The van der Waals surface area contributed by atoms with Crippen molar-refractivity contribution in [1.82, 2.24) is 4.72 Å². The van der Waals surface area contributed by atoms with E-state index in [-0.39, 0.29) is 11.0 Å². The Bertz CT molecular complexity index is 483. The summed E-state index contributed by atoms with van der Waals surface area (Å²) in [5.41, 5.74) is 0. The molecule has 94 valence electrons. The predicted molar refractivity (Wildman–Crippen MR) is 68.3 cm³/mol. The standard InChI is InChI=1S/C11H14BrNO3S/c12-9-3-1-5-11(7-9)17(14,15)13-8-10-4-2-6-16-10/h1,3,5,7,10,13H,2,4,6,8H2/t10-/m1/s1. The van der Waals surface area contributed by atoms with Crippen LogP contribution in [0.15, 0.2) is 33.6 Å². The van der Waals surface area contributed by atoms with Crippen molar-refractivity contribution < 1.29 is 13.2 Å². The minimum atomic E-state index is -3.43. The first-order valence-electron chi connectivity index (χ1n) is 5.45. The summed E-state index contributed by atoms with van der Waals surface area (Å²) < 4.78 is 32.6. The average molecular weight is 320 g/mol. The minimum Gasteiger partial charge on any atom is -0.377 e. The molecule has 0 aliphatic carbocycles. The lowest BCUT2D eigenvalue weighted by molar-refractivity contribution is 0.114. The third kappa shape index (κ3) is 3.51. The second-order valence-corrected chi connectivity index (χ2v) is 6.63. The van der Waals surface area contributed by atoms with E-state index >= 15 is 0 Å². The molecule has 1 fully saturated rings. The van der Waals surface area contributed by atoms with Gasteiger partial charge in [-0.25, -0.2) is 13.1 Å². The molecule has 0 aromatic heterocycles. The molecule has 6 heteroatoms. The van der Waals surface area contributed by atoms with E-state index in [2.05, 4.69) is 20.7 Å². The van der Waals surface area contributed by atoms with Crippen LogP contribution in [0, 0.1) is 0 Å². The quantitative estimate of drug-likeness (QED) is 0.922. The van der Waals surface area contributed by atoms with Crippen LogP contribution < -0.4 is 4.72 Å². The Morgan fingerprint density at radius 2 is 2.29 bits per heavy atom. The summed E-state index contributed by atoms with van der Waals surface area (Å²) in [5.74, 6) is 0. The van der Waals surface area contributed by atoms with E-state index in [0.717, 1.165) is 23.9 Å². The van der Waals surface area contributed by atoms with Crippen LogP contribution in [0.4, 0.5) is 0 Å². The second-order valence-electron chi connectivity index (χ2n) is 3.94. The summed E-state index contributed by atoms with van der Waals surface area (Å²) in [6.07, 6.45) is 1.93. The molecule has 0 radical (unpaired) electrons. The number of hydrogen-bond acceptors (Lipinski definition) is 3. The highest BCUT2D eigenvalue weighted by Gasteiger charge is 2.20. The monoisotopic (exact) mass is 319 g/mol. The predicted octanol–water partition coefficient (Wildman–Crippen LogP) is 1.91. The fourth-order valence-corrected chi connectivity index (χ4v) is 3.39. The molecule has 0 spiro atoms. The molecule has 1 N–H and O–H groups in total. The van der Waals surface area contributed by atoms with E-state index in [1.165, 1.54) is 0 Å². The molecule has 0 amide bonds. The highest BCUT2D eigenvalue weighted by Crippen LogP contribution is 2.17. The van der Waals surface area contributed by atoms with Gasteiger partial charge in [-0.2, -0.15) is 0 Å². The maximum absolute atomic E-state index is 12.0. The molecule has 1 aromatic rings. The number of rotatable bonds is 4. The molecule has 4 nitrogen and oxygen atoms in total. The molecule has 1 aliphatic rings. The second kappa shape index (κ2) is 5.48. The van der Waals surface area contributed by atoms with Crippen molar-refractivity contribution >= 4 is 26.0 Å². The van der Waals surface area contributed by atoms with Crippen LogP contribution in [-0.4, -0.2) is 27.7 Å². The van der Waals surface area contributed by atoms with Gasteiger partial charge in [0.05, 0.1) is 11.0 Å². The van der Waals surface area contributed by atoms with E-state index < -0.39 is 10.0 Å². The van der Waals surface area contributed by atoms with Crippen molar-refractivity contribution in [3.8, 4) is 0 Å². The Hall–Kier alpha value is -0.430. The Balaban J connectivity index is 2.03. The topological polar surface area (TPSA) is 55.4 Å². The molecule has 1 atom stereocenters. The molecular formula is C11H14BrNO3S. The Morgan fingerprint density at radius 3 is 2.94 bits per heavy atom. The van der Waals surface area contributed by atoms with Gasteiger partial charge in [-0.05, 0) is 31.0 Å². The third-order valence-corrected chi connectivity index (χ3v) is 4.55. The number of nitrogens with one attached hydrogen (secondary N) is 1. The first kappa shape index (κ1) is 13.0. The zero-order valence-electron chi connectivity index (χ0n) is 9.23. The molecular weight excluding hydrogens is 306 g/mol. The molecule has 1 aromatic carbocycles. The first-order chi connectivity index (χ1) is 8.08. The van der Waals surface area contributed by atoms with Gasteiger partial charge in [0.15, 0.2) is 0 Å². The SMILES string of the molecule is O=S(=O)(NC[C@H]1CCCO1)c1cccc(Br)c1. The lowest BCUT2D eigenvalue weighted by Gasteiger charge is -2.11. The van der Waals surface area contributed by atoms with E-state index in [4.69, 9.17) is 4.74 Å². The van der Waals surface area contributed by atoms with Gasteiger partial charge in [0.1, 0.15) is 0 Å². The van der Waals surface area contributed by atoms with Gasteiger partial charge in [0.25, 0.3) is 0 Å². The van der Waals surface area contributed by atoms with Crippen LogP contribution in [-0.2, 0) is 14.8 Å². The number of benzene rings is 1. The molecule has 1 saturated heterocycles. The van der Waals surface area contributed by atoms with Crippen LogP contribution in [0.5, 0.6) is 0 Å². The van der Waals surface area contributed by atoms with Crippen LogP contribution >= 0.6 is 15.9 Å². The summed E-state index contributed by atoms with van der Waals surface area (Å²) in [6.45, 7) is 1.07. The van der Waals surface area contributed by atoms with E-state index in [0.29, 0.717) is 6.54 Å². The average Bonchev–Trinajstić information content (AvgIpc) is 2.79. The molecule has 0 unspecified atom stereocenters. The summed E-state index contributed by atoms with van der Waals surface area (Å²) >= 11 is 3.26. The zero-order valence-corrected chi connectivity index (χ0v) is 11.6. The first-order valence-corrected chi connectivity index (χ1v) is 7.72. The number of halogens is 1. The normalized spacial score (nSPS) is 20.6. The molecule has 0 saturated carbocycles. The fourth-order valence-electron chi connectivity index (χ4n) is 1.73. The van der Waals surface area contributed by atoms with Crippen molar-refractivity contribution in [1.29, 1.82) is 0 Å². The van der Waals surface area contributed by atoms with E-state index in [1.807, 2.05) is 0 Å². The van der Waals surface area contributed by atoms with Crippen LogP contribution in [0.25, 0.3) is 0 Å². The van der Waals surface area contributed by atoms with Gasteiger partial charge in [-0.15, -0.1) is 0 Å². The van der Waals surface area contributed by atoms with Crippen LogP contribution in [0.2, 0.25) is 0 Å². The molecule has 1 heterocycles. The Morgan fingerprint density at radius 1 is 1.47 bits per heavy atom. The molecule has 2 rings (SSSR count). The summed E-state index contributed by atoms with van der Waals surface area (Å²) in [7, 11) is -3.43. The van der Waals surface area contributed by atoms with Gasteiger partial charge in [0, 0.05) is 17.6 Å². The van der Waals surface area contributed by atoms with Gasteiger partial charge < -0.3 is 4.74 Å². The highest BCUT2D eigenvalue weighted by atomic mass is 79.9. The number of sulfonamides is 1. The summed E-state index contributed by atoms with van der Waals surface area (Å²) in [6, 6.07) is 6.64. The van der Waals surface area contributed by atoms with Crippen molar-refractivity contribution in [2.75, 3.05) is 13.2 Å². The highest BCUT2D eigenvalue weighted by molar-refractivity contribution is 9.10. The van der Waals surface area contributed by atoms with Crippen LogP contribution in [0.3, 0.4) is 0 Å². The van der Waals surface area contributed by atoms with Gasteiger partial charge >= 0.3 is 0 Å². The maximum atomic E-state index is 12.0. The van der Waals surface area contributed by atoms with Crippen molar-refractivity contribution in [2.45, 2.75) is 23.8 Å². The lowest BCUT2D eigenvalue weighted by atomic mass is 10.2. The maximum Gasteiger partial charge on any atom is 0.240 e. The van der Waals surface area contributed by atoms with Crippen molar-refractivity contribution in [3.05, 3.63) is 28.7 Å². The van der Waals surface area contributed by atoms with Crippen molar-refractivity contribution in [3.63, 3.8) is 0 Å². The number of ether oxygens (including phenoxy) is 1. The largest absolute Gasteiger partial charge is 0.377 e.